The van der Waals surface area contributed by atoms with Crippen molar-refractivity contribution in [2.75, 3.05) is 37.4 Å². The molecule has 1 aliphatic heterocycles. The smallest absolute Gasteiger partial charge is 0.243 e. The van der Waals surface area contributed by atoms with Gasteiger partial charge in [-0.05, 0) is 42.8 Å². The fourth-order valence-corrected chi connectivity index (χ4v) is 5.27. The quantitative estimate of drug-likeness (QED) is 0.620. The third-order valence-corrected chi connectivity index (χ3v) is 7.75. The molecule has 0 atom stereocenters. The van der Waals surface area contributed by atoms with Gasteiger partial charge in [-0.25, -0.2) is 8.42 Å². The third kappa shape index (κ3) is 5.08. The van der Waals surface area contributed by atoms with Crippen molar-refractivity contribution in [1.29, 1.82) is 0 Å². The van der Waals surface area contributed by atoms with Crippen molar-refractivity contribution in [3.05, 3.63) is 42.0 Å². The van der Waals surface area contributed by atoms with Gasteiger partial charge in [0.15, 0.2) is 11.5 Å². The van der Waals surface area contributed by atoms with Gasteiger partial charge in [-0.15, -0.1) is 11.8 Å². The fourth-order valence-electron chi connectivity index (χ4n) is 3.06. The molecule has 1 amide bonds. The van der Waals surface area contributed by atoms with E-state index in [4.69, 9.17) is 9.47 Å². The van der Waals surface area contributed by atoms with E-state index in [1.807, 2.05) is 25.1 Å². The van der Waals surface area contributed by atoms with E-state index in [9.17, 15) is 13.2 Å². The summed E-state index contributed by atoms with van der Waals surface area (Å²) in [4.78, 5) is 13.6. The predicted molar refractivity (Wildman–Crippen MR) is 118 cm³/mol. The summed E-state index contributed by atoms with van der Waals surface area (Å²) in [5.41, 5.74) is 1.29. The van der Waals surface area contributed by atoms with Gasteiger partial charge in [0, 0.05) is 23.7 Å². The van der Waals surface area contributed by atoms with Crippen LogP contribution in [0.15, 0.2) is 46.2 Å². The first-order chi connectivity index (χ1) is 14.3. The number of nitrogens with one attached hydrogen (secondary N) is 1. The van der Waals surface area contributed by atoms with Crippen molar-refractivity contribution in [2.45, 2.75) is 30.6 Å². The van der Waals surface area contributed by atoms with Crippen molar-refractivity contribution in [1.82, 2.24) is 4.31 Å². The van der Waals surface area contributed by atoms with Gasteiger partial charge in [0.25, 0.3) is 0 Å². The highest BCUT2D eigenvalue weighted by Crippen LogP contribution is 2.34. The fraction of sp³-hybridized carbons (Fsp3) is 0.381. The van der Waals surface area contributed by atoms with Crippen molar-refractivity contribution in [2.24, 2.45) is 0 Å². The van der Waals surface area contributed by atoms with Gasteiger partial charge < -0.3 is 14.8 Å². The first-order valence-corrected chi connectivity index (χ1v) is 12.2. The predicted octanol–water partition coefficient (Wildman–Crippen LogP) is 3.53. The number of rotatable bonds is 8. The van der Waals surface area contributed by atoms with Gasteiger partial charge in [0.2, 0.25) is 15.9 Å². The topological polar surface area (TPSA) is 84.9 Å². The molecule has 162 valence electrons. The van der Waals surface area contributed by atoms with Crippen molar-refractivity contribution >= 4 is 33.4 Å². The number of hydrogen-bond acceptors (Lipinski definition) is 6. The Kier molecular flexibility index (Phi) is 7.27. The van der Waals surface area contributed by atoms with Crippen LogP contribution in [0.25, 0.3) is 0 Å². The van der Waals surface area contributed by atoms with E-state index >= 15 is 0 Å². The van der Waals surface area contributed by atoms with Crippen LogP contribution in [-0.2, 0) is 14.8 Å². The second-order valence-electron chi connectivity index (χ2n) is 6.71. The third-order valence-electron chi connectivity index (χ3n) is 4.71. The highest BCUT2D eigenvalue weighted by molar-refractivity contribution is 8.00. The molecule has 0 aliphatic carbocycles. The molecule has 30 heavy (non-hydrogen) atoms. The number of fused-ring (bicyclic) bond motifs is 1. The van der Waals surface area contributed by atoms with Crippen LogP contribution < -0.4 is 14.8 Å². The van der Waals surface area contributed by atoms with Crippen LogP contribution in [0.3, 0.4) is 0 Å². The Balaban J connectivity index is 1.68. The summed E-state index contributed by atoms with van der Waals surface area (Å²) >= 11 is 1.37. The average Bonchev–Trinajstić information content (AvgIpc) is 2.74. The number of sulfonamides is 1. The van der Waals surface area contributed by atoms with E-state index in [1.54, 1.807) is 26.0 Å². The summed E-state index contributed by atoms with van der Waals surface area (Å²) in [6.45, 7) is 7.25. The van der Waals surface area contributed by atoms with Crippen molar-refractivity contribution in [3.63, 3.8) is 0 Å². The second-order valence-corrected chi connectivity index (χ2v) is 9.70. The van der Waals surface area contributed by atoms with Crippen LogP contribution in [-0.4, -0.2) is 50.7 Å². The van der Waals surface area contributed by atoms with Crippen molar-refractivity contribution in [3.8, 4) is 11.5 Å². The minimum Gasteiger partial charge on any atom is -0.486 e. The van der Waals surface area contributed by atoms with E-state index < -0.39 is 10.0 Å². The minimum atomic E-state index is -3.59. The number of ether oxygens (including phenoxy) is 2. The number of amides is 1. The standard InChI is InChI=1S/C21H26N2O5S2/c1-4-23(5-2)30(25,26)17-8-6-15(3)18(13-17)22-21(24)14-29-16-7-9-19-20(12-16)28-11-10-27-19/h6-9,12-13H,4-5,10-11,14H2,1-3H3,(H,22,24). The van der Waals surface area contributed by atoms with Crippen LogP contribution in [0.1, 0.15) is 19.4 Å². The van der Waals surface area contributed by atoms with E-state index in [-0.39, 0.29) is 16.6 Å². The van der Waals surface area contributed by atoms with Crippen LogP contribution in [0.5, 0.6) is 11.5 Å². The molecule has 1 N–H and O–H groups in total. The van der Waals surface area contributed by atoms with Gasteiger partial charge >= 0.3 is 0 Å². The number of nitrogens with zero attached hydrogens (tertiary/aromatic N) is 1. The monoisotopic (exact) mass is 450 g/mol. The number of carbonyl (C=O) groups excluding carboxylic acids is 1. The van der Waals surface area contributed by atoms with Gasteiger partial charge in [-0.2, -0.15) is 4.31 Å². The molecule has 1 heterocycles. The molecule has 2 aromatic carbocycles. The van der Waals surface area contributed by atoms with Gasteiger partial charge in [-0.3, -0.25) is 4.79 Å². The maximum atomic E-state index is 12.8. The van der Waals surface area contributed by atoms with Crippen LogP contribution >= 0.6 is 11.8 Å². The lowest BCUT2D eigenvalue weighted by atomic mass is 10.2. The molecule has 1 aliphatic rings. The van der Waals surface area contributed by atoms with E-state index in [1.165, 1.54) is 22.1 Å². The Bertz CT molecular complexity index is 1020. The number of anilines is 1. The number of carbonyl (C=O) groups is 1. The average molecular weight is 451 g/mol. The van der Waals surface area contributed by atoms with Gasteiger partial charge in [0.1, 0.15) is 13.2 Å². The molecule has 7 nitrogen and oxygen atoms in total. The lowest BCUT2D eigenvalue weighted by Gasteiger charge is -2.19. The summed E-state index contributed by atoms with van der Waals surface area (Å²) in [5, 5.41) is 2.83. The van der Waals surface area contributed by atoms with Crippen molar-refractivity contribution < 1.29 is 22.7 Å². The molecule has 0 bridgehead atoms. The molecule has 0 spiro atoms. The second kappa shape index (κ2) is 9.72. The normalized spacial score (nSPS) is 13.3. The molecular formula is C21H26N2O5S2. The zero-order valence-corrected chi connectivity index (χ0v) is 18.9. The van der Waals surface area contributed by atoms with Crippen LogP contribution in [0.4, 0.5) is 5.69 Å². The number of thioether (sulfide) groups is 1. The maximum absolute atomic E-state index is 12.8. The van der Waals surface area contributed by atoms with Crippen LogP contribution in [0.2, 0.25) is 0 Å². The molecule has 2 aromatic rings. The molecule has 0 saturated carbocycles. The van der Waals surface area contributed by atoms with Crippen LogP contribution in [0, 0.1) is 6.92 Å². The molecule has 9 heteroatoms. The Morgan fingerprint density at radius 1 is 1.07 bits per heavy atom. The highest BCUT2D eigenvalue weighted by atomic mass is 32.2. The summed E-state index contributed by atoms with van der Waals surface area (Å²) in [6, 6.07) is 10.4. The lowest BCUT2D eigenvalue weighted by molar-refractivity contribution is -0.113. The molecule has 0 aromatic heterocycles. The first kappa shape index (κ1) is 22.5. The zero-order chi connectivity index (χ0) is 21.7. The lowest BCUT2D eigenvalue weighted by Crippen LogP contribution is -2.30. The SMILES string of the molecule is CCN(CC)S(=O)(=O)c1ccc(C)c(NC(=O)CSc2ccc3c(c2)OCCO3)c1. The zero-order valence-electron chi connectivity index (χ0n) is 17.3. The summed E-state index contributed by atoms with van der Waals surface area (Å²) in [6.07, 6.45) is 0. The van der Waals surface area contributed by atoms with E-state index in [2.05, 4.69) is 5.32 Å². The van der Waals surface area contributed by atoms with E-state index in [0.29, 0.717) is 43.5 Å². The van der Waals surface area contributed by atoms with Gasteiger partial charge in [-0.1, -0.05) is 19.9 Å². The molecule has 0 fully saturated rings. The molecule has 0 radical (unpaired) electrons. The summed E-state index contributed by atoms with van der Waals surface area (Å²) < 4.78 is 38.0. The molecule has 0 unspecified atom stereocenters. The molecule has 0 saturated heterocycles. The first-order valence-electron chi connectivity index (χ1n) is 9.78. The largest absolute Gasteiger partial charge is 0.486 e. The number of hydrogen-bond donors (Lipinski definition) is 1. The molecular weight excluding hydrogens is 424 g/mol. The number of benzene rings is 2. The summed E-state index contributed by atoms with van der Waals surface area (Å²) in [7, 11) is -3.59. The Morgan fingerprint density at radius 3 is 2.47 bits per heavy atom. The minimum absolute atomic E-state index is 0.173. The maximum Gasteiger partial charge on any atom is 0.243 e. The summed E-state index contributed by atoms with van der Waals surface area (Å²) in [5.74, 6) is 1.36. The number of aryl methyl sites for hydroxylation is 1. The van der Waals surface area contributed by atoms with E-state index in [0.717, 1.165) is 10.5 Å². The molecule has 3 rings (SSSR count). The Morgan fingerprint density at radius 2 is 1.77 bits per heavy atom. The Hall–Kier alpha value is -2.23. The van der Waals surface area contributed by atoms with Gasteiger partial charge in [0.05, 0.1) is 10.6 Å². The Labute approximate surface area is 181 Å². The highest BCUT2D eigenvalue weighted by Gasteiger charge is 2.22.